The maximum atomic E-state index is 15.2. The number of hydrogen-bond donors (Lipinski definition) is 1. The van der Waals surface area contributed by atoms with Crippen molar-refractivity contribution in [3.8, 4) is 5.75 Å². The smallest absolute Gasteiger partial charge is 0.308 e. The molecule has 2 aromatic rings. The van der Waals surface area contributed by atoms with Crippen LogP contribution >= 0.6 is 11.3 Å². The van der Waals surface area contributed by atoms with Crippen LogP contribution in [-0.2, 0) is 20.8 Å². The highest BCUT2D eigenvalue weighted by Crippen LogP contribution is 2.62. The van der Waals surface area contributed by atoms with Crippen LogP contribution in [0.25, 0.3) is 0 Å². The minimum Gasteiger partial charge on any atom is -0.424 e. The third-order valence-electron chi connectivity index (χ3n) is 8.75. The normalized spacial score (nSPS) is 28.7. The number of ether oxygens (including phenoxy) is 1. The van der Waals surface area contributed by atoms with Crippen molar-refractivity contribution in [2.24, 2.45) is 23.2 Å². The first kappa shape index (κ1) is 25.1. The zero-order valence-electron chi connectivity index (χ0n) is 21.1. The molecule has 2 saturated carbocycles. The molecule has 1 aromatic carbocycles. The number of aromatic nitrogens is 1. The molecular formula is C28H33FN2O4S. The summed E-state index contributed by atoms with van der Waals surface area (Å²) in [6, 6.07) is 3.50. The third kappa shape index (κ3) is 4.49. The summed E-state index contributed by atoms with van der Waals surface area (Å²) in [4.78, 5) is 42.2. The summed E-state index contributed by atoms with van der Waals surface area (Å²) in [6.07, 6.45) is 7.39. The molecule has 0 radical (unpaired) electrons. The molecule has 1 N–H and O–H groups in total. The fourth-order valence-electron chi connectivity index (χ4n) is 7.28. The molecule has 5 rings (SSSR count). The molecule has 8 heteroatoms. The van der Waals surface area contributed by atoms with Gasteiger partial charge in [0, 0.05) is 36.3 Å². The van der Waals surface area contributed by atoms with E-state index in [9.17, 15) is 14.4 Å². The lowest BCUT2D eigenvalue weighted by Crippen LogP contribution is -2.44. The first-order valence-corrected chi connectivity index (χ1v) is 13.7. The monoisotopic (exact) mass is 512 g/mol. The number of Topliss-reactive ketones (excluding diaryl/α,β-unsaturated/α-hetero) is 1. The van der Waals surface area contributed by atoms with Crippen molar-refractivity contribution in [1.82, 2.24) is 4.98 Å². The van der Waals surface area contributed by atoms with Crippen LogP contribution in [0.1, 0.15) is 80.7 Å². The van der Waals surface area contributed by atoms with Crippen LogP contribution in [0, 0.1) is 35.9 Å². The van der Waals surface area contributed by atoms with Crippen LogP contribution in [0.15, 0.2) is 18.3 Å². The Kier molecular flexibility index (Phi) is 6.74. The molecule has 192 valence electrons. The van der Waals surface area contributed by atoms with Gasteiger partial charge < -0.3 is 10.1 Å². The molecule has 0 bridgehead atoms. The number of ketones is 1. The van der Waals surface area contributed by atoms with Crippen molar-refractivity contribution in [2.45, 2.75) is 78.1 Å². The largest absolute Gasteiger partial charge is 0.424 e. The molecule has 6 nitrogen and oxygen atoms in total. The molecule has 36 heavy (non-hydrogen) atoms. The predicted molar refractivity (Wildman–Crippen MR) is 136 cm³/mol. The van der Waals surface area contributed by atoms with Gasteiger partial charge in [0.25, 0.3) is 0 Å². The molecule has 3 unspecified atom stereocenters. The van der Waals surface area contributed by atoms with E-state index < -0.39 is 11.8 Å². The van der Waals surface area contributed by atoms with Crippen molar-refractivity contribution in [3.05, 3.63) is 40.2 Å². The quantitative estimate of drug-likeness (QED) is 0.380. The standard InChI is InChI=1S/C28H33FN2O4S/c1-15-14-30-27(36-15)31-24(34)6-4-5-17-13-23(33)28(3)12-11-19-18-9-10-22(35-16(2)32)26(29)21(18)8-7-20(19)25(17)28/h9-10,14,17,19-20,25H,4-8,11-13H2,1-3H3,(H,30,31,34)/t17-,19?,20?,25?,28-/m1/s1. The van der Waals surface area contributed by atoms with E-state index in [4.69, 9.17) is 4.74 Å². The van der Waals surface area contributed by atoms with E-state index >= 15 is 4.39 Å². The highest BCUT2D eigenvalue weighted by atomic mass is 32.1. The minimum atomic E-state index is -0.529. The molecule has 1 amide bonds. The first-order chi connectivity index (χ1) is 17.2. The van der Waals surface area contributed by atoms with E-state index in [1.165, 1.54) is 18.3 Å². The van der Waals surface area contributed by atoms with Gasteiger partial charge in [-0.05, 0) is 86.3 Å². The number of aryl methyl sites for hydroxylation is 1. The Bertz CT molecular complexity index is 1210. The van der Waals surface area contributed by atoms with E-state index in [-0.39, 0.29) is 34.8 Å². The number of benzene rings is 1. The van der Waals surface area contributed by atoms with Gasteiger partial charge in [-0.1, -0.05) is 13.0 Å². The zero-order valence-corrected chi connectivity index (χ0v) is 21.9. The van der Waals surface area contributed by atoms with Crippen LogP contribution < -0.4 is 10.1 Å². The predicted octanol–water partition coefficient (Wildman–Crippen LogP) is 5.98. The van der Waals surface area contributed by atoms with Crippen molar-refractivity contribution in [1.29, 1.82) is 0 Å². The van der Waals surface area contributed by atoms with E-state index in [1.807, 2.05) is 13.0 Å². The van der Waals surface area contributed by atoms with Crippen LogP contribution in [0.4, 0.5) is 9.52 Å². The highest BCUT2D eigenvalue weighted by molar-refractivity contribution is 7.15. The molecule has 3 aliphatic carbocycles. The average molecular weight is 513 g/mol. The Labute approximate surface area is 215 Å². The molecule has 0 aliphatic heterocycles. The zero-order chi connectivity index (χ0) is 25.6. The van der Waals surface area contributed by atoms with Crippen LogP contribution in [-0.4, -0.2) is 22.6 Å². The molecule has 0 spiro atoms. The minimum absolute atomic E-state index is 0.000420. The van der Waals surface area contributed by atoms with Crippen LogP contribution in [0.5, 0.6) is 5.75 Å². The van der Waals surface area contributed by atoms with E-state index in [1.54, 1.807) is 12.3 Å². The van der Waals surface area contributed by atoms with Gasteiger partial charge in [-0.2, -0.15) is 0 Å². The summed E-state index contributed by atoms with van der Waals surface area (Å²) in [5.41, 5.74) is 1.34. The molecule has 2 fully saturated rings. The van der Waals surface area contributed by atoms with E-state index in [2.05, 4.69) is 17.2 Å². The highest BCUT2D eigenvalue weighted by Gasteiger charge is 2.58. The fourth-order valence-corrected chi connectivity index (χ4v) is 7.96. The second-order valence-electron chi connectivity index (χ2n) is 10.9. The summed E-state index contributed by atoms with van der Waals surface area (Å²) >= 11 is 1.46. The Balaban J connectivity index is 1.30. The van der Waals surface area contributed by atoms with Crippen molar-refractivity contribution >= 4 is 34.1 Å². The lowest BCUT2D eigenvalue weighted by atomic mass is 9.54. The lowest BCUT2D eigenvalue weighted by molar-refractivity contribution is -0.132. The molecule has 1 heterocycles. The molecule has 3 aliphatic rings. The number of anilines is 1. The number of esters is 1. The SMILES string of the molecule is CC(=O)Oc1ccc2c(c1F)CCC1C2CC[C@]2(C)C(=O)C[C@@H](CCCC(=O)Nc3ncc(C)s3)C12. The van der Waals surface area contributed by atoms with Gasteiger partial charge in [0.2, 0.25) is 5.91 Å². The Morgan fingerprint density at radius 3 is 2.83 bits per heavy atom. The second kappa shape index (κ2) is 9.69. The van der Waals surface area contributed by atoms with Crippen molar-refractivity contribution < 1.29 is 23.5 Å². The summed E-state index contributed by atoms with van der Waals surface area (Å²) in [5.74, 6) is 0.379. The molecule has 0 saturated heterocycles. The fraction of sp³-hybridized carbons (Fsp3) is 0.571. The van der Waals surface area contributed by atoms with Gasteiger partial charge in [0.1, 0.15) is 5.78 Å². The Morgan fingerprint density at radius 2 is 2.11 bits per heavy atom. The van der Waals surface area contributed by atoms with E-state index in [0.717, 1.165) is 42.5 Å². The van der Waals surface area contributed by atoms with E-state index in [0.29, 0.717) is 41.7 Å². The number of carbonyl (C=O) groups excluding carboxylic acids is 3. The third-order valence-corrected chi connectivity index (χ3v) is 9.58. The van der Waals surface area contributed by atoms with Crippen molar-refractivity contribution in [3.63, 3.8) is 0 Å². The van der Waals surface area contributed by atoms with Gasteiger partial charge in [-0.3, -0.25) is 14.4 Å². The number of thiazole rings is 1. The lowest BCUT2D eigenvalue weighted by Gasteiger charge is -2.50. The van der Waals surface area contributed by atoms with Crippen LogP contribution in [0.2, 0.25) is 0 Å². The molecule has 1 aromatic heterocycles. The number of rotatable bonds is 6. The average Bonchev–Trinajstić information content (AvgIpc) is 3.34. The van der Waals surface area contributed by atoms with Crippen molar-refractivity contribution in [2.75, 3.05) is 5.32 Å². The summed E-state index contributed by atoms with van der Waals surface area (Å²) in [6.45, 7) is 5.36. The first-order valence-electron chi connectivity index (χ1n) is 12.9. The number of fused-ring (bicyclic) bond motifs is 5. The number of nitrogens with one attached hydrogen (secondary N) is 1. The summed E-state index contributed by atoms with van der Waals surface area (Å²) in [7, 11) is 0. The maximum Gasteiger partial charge on any atom is 0.308 e. The van der Waals surface area contributed by atoms with Gasteiger partial charge in [-0.25, -0.2) is 9.37 Å². The molecular weight excluding hydrogens is 479 g/mol. The topological polar surface area (TPSA) is 85.4 Å². The summed E-state index contributed by atoms with van der Waals surface area (Å²) < 4.78 is 20.3. The number of nitrogens with zero attached hydrogens (tertiary/aromatic N) is 1. The maximum absolute atomic E-state index is 15.2. The van der Waals surface area contributed by atoms with Gasteiger partial charge in [0.05, 0.1) is 0 Å². The number of halogens is 1. The Morgan fingerprint density at radius 1 is 1.31 bits per heavy atom. The molecule has 5 atom stereocenters. The number of amides is 1. The van der Waals surface area contributed by atoms with Crippen LogP contribution in [0.3, 0.4) is 0 Å². The Hall–Kier alpha value is -2.61. The summed E-state index contributed by atoms with van der Waals surface area (Å²) in [5, 5.41) is 3.50. The number of hydrogen-bond acceptors (Lipinski definition) is 6. The van der Waals surface area contributed by atoms with Gasteiger partial charge >= 0.3 is 5.97 Å². The van der Waals surface area contributed by atoms with Gasteiger partial charge in [-0.15, -0.1) is 11.3 Å². The second-order valence-corrected chi connectivity index (χ2v) is 12.2. The number of carbonyl (C=O) groups is 3. The van der Waals surface area contributed by atoms with Gasteiger partial charge in [0.15, 0.2) is 16.7 Å².